The Hall–Kier alpha value is -1.45. The third kappa shape index (κ3) is 2.75. The van der Waals surface area contributed by atoms with Crippen LogP contribution in [-0.2, 0) is 10.0 Å². The third-order valence-corrected chi connectivity index (χ3v) is 3.20. The van der Waals surface area contributed by atoms with Crippen LogP contribution < -0.4 is 4.72 Å². The third-order valence-electron chi connectivity index (χ3n) is 1.71. The molecule has 0 radical (unpaired) electrons. The molecule has 1 aromatic heterocycles. The average Bonchev–Trinajstić information content (AvgIpc) is 2.26. The van der Waals surface area contributed by atoms with E-state index in [0.717, 1.165) is 0 Å². The molecule has 0 bridgehead atoms. The zero-order valence-electron chi connectivity index (χ0n) is 8.27. The van der Waals surface area contributed by atoms with Gasteiger partial charge in [-0.05, 0) is 18.6 Å². The number of aromatic nitrogens is 1. The van der Waals surface area contributed by atoms with Crippen molar-refractivity contribution in [2.75, 3.05) is 6.54 Å². The number of nitrogens with one attached hydrogen (secondary N) is 1. The Labute approximate surface area is 88.8 Å². The number of hydrogen-bond acceptors (Lipinski definition) is 4. The van der Waals surface area contributed by atoms with Crippen LogP contribution in [0.4, 0.5) is 0 Å². The largest absolute Gasteiger partial charge is 0.244 e. The Balaban J connectivity index is 3.11. The fraction of sp³-hybridized carbons (Fsp3) is 0.333. The lowest BCUT2D eigenvalue weighted by Crippen LogP contribution is -2.25. The molecule has 0 atom stereocenters. The van der Waals surface area contributed by atoms with Gasteiger partial charge in [0, 0.05) is 12.7 Å². The first-order valence-electron chi connectivity index (χ1n) is 4.46. The van der Waals surface area contributed by atoms with Crippen LogP contribution in [0.1, 0.15) is 19.0 Å². The minimum absolute atomic E-state index is 0.0686. The number of nitriles is 1. The smallest absolute Gasteiger partial charge is 0.243 e. The number of nitrogens with zero attached hydrogens (tertiary/aromatic N) is 2. The molecule has 80 valence electrons. The van der Waals surface area contributed by atoms with E-state index in [2.05, 4.69) is 9.71 Å². The van der Waals surface area contributed by atoms with Gasteiger partial charge in [-0.15, -0.1) is 0 Å². The summed E-state index contributed by atoms with van der Waals surface area (Å²) >= 11 is 0. The summed E-state index contributed by atoms with van der Waals surface area (Å²) in [6, 6.07) is 4.60. The maximum absolute atomic E-state index is 11.7. The zero-order valence-corrected chi connectivity index (χ0v) is 9.08. The Morgan fingerprint density at radius 2 is 2.33 bits per heavy atom. The van der Waals surface area contributed by atoms with E-state index in [4.69, 9.17) is 5.26 Å². The number of rotatable bonds is 4. The lowest BCUT2D eigenvalue weighted by molar-refractivity contribution is 0.580. The van der Waals surface area contributed by atoms with Crippen molar-refractivity contribution in [2.45, 2.75) is 18.2 Å². The Morgan fingerprint density at radius 3 is 2.93 bits per heavy atom. The second kappa shape index (κ2) is 4.87. The van der Waals surface area contributed by atoms with Crippen molar-refractivity contribution < 1.29 is 8.42 Å². The maximum atomic E-state index is 11.7. The molecular formula is C9H11N3O2S. The summed E-state index contributed by atoms with van der Waals surface area (Å²) in [6.45, 7) is 2.21. The van der Waals surface area contributed by atoms with Gasteiger partial charge in [-0.2, -0.15) is 5.26 Å². The second-order valence-corrected chi connectivity index (χ2v) is 4.60. The monoisotopic (exact) mass is 225 g/mol. The molecule has 0 amide bonds. The molecule has 0 aromatic carbocycles. The first-order chi connectivity index (χ1) is 7.11. The van der Waals surface area contributed by atoms with Crippen LogP contribution in [0.5, 0.6) is 0 Å². The molecule has 5 nitrogen and oxygen atoms in total. The maximum Gasteiger partial charge on any atom is 0.243 e. The van der Waals surface area contributed by atoms with Crippen molar-refractivity contribution in [3.8, 4) is 6.07 Å². The molecule has 6 heteroatoms. The molecule has 0 unspecified atom stereocenters. The van der Waals surface area contributed by atoms with Gasteiger partial charge in [0.25, 0.3) is 0 Å². The van der Waals surface area contributed by atoms with Crippen LogP contribution in [0, 0.1) is 11.3 Å². The Bertz CT molecular complexity index is 476. The quantitative estimate of drug-likeness (QED) is 0.815. The molecule has 0 aliphatic rings. The summed E-state index contributed by atoms with van der Waals surface area (Å²) in [5, 5.41) is 8.70. The minimum atomic E-state index is -3.60. The minimum Gasteiger partial charge on any atom is -0.244 e. The number of hydrogen-bond donors (Lipinski definition) is 1. The van der Waals surface area contributed by atoms with Gasteiger partial charge in [0.05, 0.1) is 0 Å². The van der Waals surface area contributed by atoms with Crippen molar-refractivity contribution in [2.24, 2.45) is 0 Å². The molecule has 0 aliphatic heterocycles. The highest BCUT2D eigenvalue weighted by Crippen LogP contribution is 2.11. The molecule has 0 aliphatic carbocycles. The highest BCUT2D eigenvalue weighted by molar-refractivity contribution is 7.89. The SMILES string of the molecule is CCCNS(=O)(=O)c1cccnc1C#N. The van der Waals surface area contributed by atoms with E-state index >= 15 is 0 Å². The summed E-state index contributed by atoms with van der Waals surface area (Å²) in [4.78, 5) is 3.62. The summed E-state index contributed by atoms with van der Waals surface area (Å²) in [5.41, 5.74) is -0.0823. The number of sulfonamides is 1. The van der Waals surface area contributed by atoms with Crippen LogP contribution in [0.2, 0.25) is 0 Å². The van der Waals surface area contributed by atoms with E-state index in [1.807, 2.05) is 6.92 Å². The van der Waals surface area contributed by atoms with Gasteiger partial charge >= 0.3 is 0 Å². The first-order valence-corrected chi connectivity index (χ1v) is 5.95. The molecule has 1 heterocycles. The lowest BCUT2D eigenvalue weighted by Gasteiger charge is -2.05. The fourth-order valence-corrected chi connectivity index (χ4v) is 2.24. The van der Waals surface area contributed by atoms with Crippen molar-refractivity contribution >= 4 is 10.0 Å². The molecule has 0 saturated heterocycles. The van der Waals surface area contributed by atoms with Crippen LogP contribution in [0.25, 0.3) is 0 Å². The first kappa shape index (κ1) is 11.6. The molecule has 0 spiro atoms. The van der Waals surface area contributed by atoms with Crippen molar-refractivity contribution in [3.05, 3.63) is 24.0 Å². The molecule has 0 fully saturated rings. The van der Waals surface area contributed by atoms with Crippen molar-refractivity contribution in [1.82, 2.24) is 9.71 Å². The van der Waals surface area contributed by atoms with Crippen LogP contribution in [-0.4, -0.2) is 19.9 Å². The predicted molar refractivity (Wildman–Crippen MR) is 54.4 cm³/mol. The predicted octanol–water partition coefficient (Wildman–Crippen LogP) is 0.642. The lowest BCUT2D eigenvalue weighted by atomic mass is 10.4. The van der Waals surface area contributed by atoms with Gasteiger partial charge < -0.3 is 0 Å². The zero-order chi connectivity index (χ0) is 11.3. The van der Waals surface area contributed by atoms with E-state index in [1.165, 1.54) is 18.3 Å². The van der Waals surface area contributed by atoms with Gasteiger partial charge in [0.2, 0.25) is 10.0 Å². The molecule has 1 N–H and O–H groups in total. The molecule has 15 heavy (non-hydrogen) atoms. The Kier molecular flexibility index (Phi) is 3.77. The van der Waals surface area contributed by atoms with Gasteiger partial charge in [-0.3, -0.25) is 0 Å². The van der Waals surface area contributed by atoms with Gasteiger partial charge in [0.15, 0.2) is 5.69 Å². The van der Waals surface area contributed by atoms with Gasteiger partial charge in [0.1, 0.15) is 11.0 Å². The van der Waals surface area contributed by atoms with E-state index in [1.54, 1.807) is 6.07 Å². The highest BCUT2D eigenvalue weighted by Gasteiger charge is 2.17. The molecular weight excluding hydrogens is 214 g/mol. The van der Waals surface area contributed by atoms with E-state index in [-0.39, 0.29) is 10.6 Å². The van der Waals surface area contributed by atoms with E-state index in [0.29, 0.717) is 13.0 Å². The summed E-state index contributed by atoms with van der Waals surface area (Å²) in [5.74, 6) is 0. The van der Waals surface area contributed by atoms with Crippen molar-refractivity contribution in [3.63, 3.8) is 0 Å². The molecule has 0 saturated carbocycles. The summed E-state index contributed by atoms with van der Waals surface area (Å²) in [7, 11) is -3.60. The fourth-order valence-electron chi connectivity index (χ4n) is 1.01. The van der Waals surface area contributed by atoms with E-state index in [9.17, 15) is 8.42 Å². The highest BCUT2D eigenvalue weighted by atomic mass is 32.2. The normalized spacial score (nSPS) is 10.9. The van der Waals surface area contributed by atoms with Gasteiger partial charge in [-0.1, -0.05) is 6.92 Å². The summed E-state index contributed by atoms with van der Waals surface area (Å²) < 4.78 is 25.7. The second-order valence-electron chi connectivity index (χ2n) is 2.86. The topological polar surface area (TPSA) is 82.8 Å². The average molecular weight is 225 g/mol. The van der Waals surface area contributed by atoms with Crippen LogP contribution in [0.3, 0.4) is 0 Å². The van der Waals surface area contributed by atoms with Crippen LogP contribution >= 0.6 is 0 Å². The Morgan fingerprint density at radius 1 is 1.60 bits per heavy atom. The number of pyridine rings is 1. The summed E-state index contributed by atoms with van der Waals surface area (Å²) in [6.07, 6.45) is 2.08. The van der Waals surface area contributed by atoms with Gasteiger partial charge in [-0.25, -0.2) is 18.1 Å². The standard InChI is InChI=1S/C9H11N3O2S/c1-2-5-12-15(13,14)9-4-3-6-11-8(9)7-10/h3-4,6,12H,2,5H2,1H3. The van der Waals surface area contributed by atoms with E-state index < -0.39 is 10.0 Å². The molecule has 1 aromatic rings. The van der Waals surface area contributed by atoms with Crippen molar-refractivity contribution in [1.29, 1.82) is 5.26 Å². The molecule has 1 rings (SSSR count). The van der Waals surface area contributed by atoms with Crippen LogP contribution in [0.15, 0.2) is 23.2 Å².